The first-order valence-corrected chi connectivity index (χ1v) is 11.1. The maximum atomic E-state index is 12.8. The van der Waals surface area contributed by atoms with Crippen molar-refractivity contribution in [3.8, 4) is 0 Å². The number of benzene rings is 2. The Morgan fingerprint density at radius 2 is 1.46 bits per heavy atom. The number of amides is 1. The van der Waals surface area contributed by atoms with Gasteiger partial charge in [0.2, 0.25) is 0 Å². The summed E-state index contributed by atoms with van der Waals surface area (Å²) in [6, 6.07) is 14.2. The molecule has 2 aliphatic carbocycles. The molecule has 0 saturated heterocycles. The molecule has 0 spiro atoms. The van der Waals surface area contributed by atoms with Gasteiger partial charge in [0.05, 0.1) is 0 Å². The van der Waals surface area contributed by atoms with Gasteiger partial charge in [-0.3, -0.25) is 4.79 Å². The number of carbonyl (C=O) groups excluding carboxylic acids is 1. The van der Waals surface area contributed by atoms with Crippen LogP contribution in [0.2, 0.25) is 0 Å². The lowest BCUT2D eigenvalue weighted by molar-refractivity contribution is 0.102. The topological polar surface area (TPSA) is 32.3 Å². The van der Waals surface area contributed by atoms with E-state index in [1.54, 1.807) is 5.69 Å². The van der Waals surface area contributed by atoms with Crippen LogP contribution in [0.25, 0.3) is 0 Å². The smallest absolute Gasteiger partial charge is 0.255 e. The third-order valence-electron chi connectivity index (χ3n) is 7.81. The molecule has 0 bridgehead atoms. The maximum absolute atomic E-state index is 12.8. The molecule has 3 heteroatoms. The number of nitrogens with one attached hydrogen (secondary N) is 1. The quantitative estimate of drug-likeness (QED) is 0.751. The number of hydrogen-bond acceptors (Lipinski definition) is 2. The van der Waals surface area contributed by atoms with E-state index in [4.69, 9.17) is 0 Å². The number of rotatable bonds is 2. The highest BCUT2D eigenvalue weighted by atomic mass is 16.1. The first-order valence-electron chi connectivity index (χ1n) is 11.1. The van der Waals surface area contributed by atoms with Crippen LogP contribution in [0.1, 0.15) is 71.8 Å². The molecule has 4 aliphatic rings. The lowest BCUT2D eigenvalue weighted by Crippen LogP contribution is -2.43. The van der Waals surface area contributed by atoms with Crippen molar-refractivity contribution < 1.29 is 4.79 Å². The van der Waals surface area contributed by atoms with Gasteiger partial charge >= 0.3 is 0 Å². The monoisotopic (exact) mass is 372 g/mol. The number of anilines is 2. The summed E-state index contributed by atoms with van der Waals surface area (Å²) in [7, 11) is 0. The Hall–Kier alpha value is -2.29. The Morgan fingerprint density at radius 3 is 2.07 bits per heavy atom. The van der Waals surface area contributed by atoms with E-state index in [0.717, 1.165) is 23.1 Å². The largest absolute Gasteiger partial charge is 0.370 e. The second-order valence-electron chi connectivity index (χ2n) is 9.32. The predicted octanol–water partition coefficient (Wildman–Crippen LogP) is 5.54. The van der Waals surface area contributed by atoms with Crippen molar-refractivity contribution in [3.63, 3.8) is 0 Å². The van der Waals surface area contributed by atoms with Crippen LogP contribution in [0.4, 0.5) is 11.4 Å². The minimum Gasteiger partial charge on any atom is -0.370 e. The van der Waals surface area contributed by atoms with Gasteiger partial charge in [0.1, 0.15) is 0 Å². The van der Waals surface area contributed by atoms with Gasteiger partial charge in [-0.2, -0.15) is 0 Å². The van der Waals surface area contributed by atoms with Gasteiger partial charge < -0.3 is 10.2 Å². The standard InChI is InChI=1S/C25H28N2O/c28-25(16-6-2-1-3-7-16)26-19-12-22-20-10-4-8-17(20)14-27-15-18-9-5-11-21(18)23(13-19)24(22)27/h1-3,6-7,12-13,17-18,20-21H,4-5,8-11,14-15H2,(H,26,28)/t17-,18+,20-,21-/m1/s1. The molecular formula is C25H28N2O. The van der Waals surface area contributed by atoms with Gasteiger partial charge in [-0.25, -0.2) is 0 Å². The second kappa shape index (κ2) is 6.37. The summed E-state index contributed by atoms with van der Waals surface area (Å²) < 4.78 is 0. The Balaban J connectivity index is 1.43. The highest BCUT2D eigenvalue weighted by Crippen LogP contribution is 2.56. The van der Waals surface area contributed by atoms with Gasteiger partial charge in [0, 0.05) is 30.0 Å². The van der Waals surface area contributed by atoms with Crippen LogP contribution in [0.3, 0.4) is 0 Å². The van der Waals surface area contributed by atoms with Crippen molar-refractivity contribution in [1.82, 2.24) is 0 Å². The summed E-state index contributed by atoms with van der Waals surface area (Å²) in [5.41, 5.74) is 6.33. The Bertz CT molecular complexity index is 876. The molecule has 2 heterocycles. The van der Waals surface area contributed by atoms with Crippen molar-refractivity contribution >= 4 is 17.3 Å². The average molecular weight is 373 g/mol. The van der Waals surface area contributed by atoms with E-state index in [1.807, 2.05) is 30.3 Å². The van der Waals surface area contributed by atoms with Crippen molar-refractivity contribution in [2.45, 2.75) is 50.4 Å². The van der Waals surface area contributed by atoms with Gasteiger partial charge in [0.25, 0.3) is 5.91 Å². The Labute approximate surface area is 167 Å². The highest BCUT2D eigenvalue weighted by molar-refractivity contribution is 6.04. The zero-order valence-corrected chi connectivity index (χ0v) is 16.4. The molecule has 0 aromatic heterocycles. The van der Waals surface area contributed by atoms with Crippen LogP contribution in [0.15, 0.2) is 42.5 Å². The molecule has 1 amide bonds. The molecule has 3 nitrogen and oxygen atoms in total. The van der Waals surface area contributed by atoms with Crippen LogP contribution in [0.5, 0.6) is 0 Å². The molecule has 1 N–H and O–H groups in total. The van der Waals surface area contributed by atoms with Gasteiger partial charge in [0.15, 0.2) is 0 Å². The first kappa shape index (κ1) is 16.6. The molecule has 4 atom stereocenters. The van der Waals surface area contributed by atoms with Crippen molar-refractivity contribution in [2.24, 2.45) is 11.8 Å². The normalized spacial score (nSPS) is 29.8. The van der Waals surface area contributed by atoms with Crippen LogP contribution in [0, 0.1) is 11.8 Å². The zero-order chi connectivity index (χ0) is 18.7. The van der Waals surface area contributed by atoms with E-state index >= 15 is 0 Å². The Morgan fingerprint density at radius 1 is 0.857 bits per heavy atom. The molecule has 2 aliphatic heterocycles. The lowest BCUT2D eigenvalue weighted by Gasteiger charge is -2.46. The van der Waals surface area contributed by atoms with Gasteiger partial charge in [-0.15, -0.1) is 0 Å². The SMILES string of the molecule is O=C(Nc1cc2c3c(c1)[C@@H]1CCC[C@H]1CN3C[C@H]1CCC[C@@H]21)c1ccccc1. The van der Waals surface area contributed by atoms with E-state index in [1.165, 1.54) is 62.7 Å². The van der Waals surface area contributed by atoms with Crippen LogP contribution < -0.4 is 10.2 Å². The number of carbonyl (C=O) groups is 1. The summed E-state index contributed by atoms with van der Waals surface area (Å²) in [4.78, 5) is 15.5. The lowest BCUT2D eigenvalue weighted by atomic mass is 9.75. The van der Waals surface area contributed by atoms with Crippen LogP contribution in [-0.2, 0) is 0 Å². The van der Waals surface area contributed by atoms with E-state index in [0.29, 0.717) is 11.8 Å². The molecule has 0 radical (unpaired) electrons. The maximum Gasteiger partial charge on any atom is 0.255 e. The fourth-order valence-electron chi connectivity index (χ4n) is 6.63. The third kappa shape index (κ3) is 2.52. The predicted molar refractivity (Wildman–Crippen MR) is 113 cm³/mol. The van der Waals surface area contributed by atoms with Gasteiger partial charge in [-0.1, -0.05) is 31.0 Å². The number of hydrogen-bond donors (Lipinski definition) is 1. The molecule has 0 unspecified atom stereocenters. The second-order valence-corrected chi connectivity index (χ2v) is 9.32. The number of nitrogens with zero attached hydrogens (tertiary/aromatic N) is 1. The van der Waals surface area contributed by atoms with E-state index in [-0.39, 0.29) is 5.91 Å². The minimum absolute atomic E-state index is 0.00201. The molecule has 2 aromatic carbocycles. The average Bonchev–Trinajstić information content (AvgIpc) is 3.38. The molecule has 6 rings (SSSR count). The molecule has 2 aromatic rings. The summed E-state index contributed by atoms with van der Waals surface area (Å²) in [6.07, 6.45) is 8.07. The Kier molecular flexibility index (Phi) is 3.78. The van der Waals surface area contributed by atoms with E-state index in [9.17, 15) is 4.79 Å². The first-order chi connectivity index (χ1) is 13.8. The van der Waals surface area contributed by atoms with Crippen molar-refractivity contribution in [1.29, 1.82) is 0 Å². The summed E-state index contributed by atoms with van der Waals surface area (Å²) >= 11 is 0. The summed E-state index contributed by atoms with van der Waals surface area (Å²) in [6.45, 7) is 2.51. The molecule has 144 valence electrons. The third-order valence-corrected chi connectivity index (χ3v) is 7.81. The van der Waals surface area contributed by atoms with E-state index < -0.39 is 0 Å². The molecule has 28 heavy (non-hydrogen) atoms. The molecule has 2 saturated carbocycles. The van der Waals surface area contributed by atoms with Crippen LogP contribution in [-0.4, -0.2) is 19.0 Å². The highest BCUT2D eigenvalue weighted by Gasteiger charge is 2.44. The minimum atomic E-state index is 0.00201. The van der Waals surface area contributed by atoms with Crippen molar-refractivity contribution in [2.75, 3.05) is 23.3 Å². The fourth-order valence-corrected chi connectivity index (χ4v) is 6.63. The zero-order valence-electron chi connectivity index (χ0n) is 16.4. The molecule has 2 fully saturated rings. The number of fused-ring (bicyclic) bond motifs is 4. The van der Waals surface area contributed by atoms with E-state index in [2.05, 4.69) is 22.3 Å². The molecular weight excluding hydrogens is 344 g/mol. The van der Waals surface area contributed by atoms with Crippen molar-refractivity contribution in [3.05, 3.63) is 59.2 Å². The van der Waals surface area contributed by atoms with Gasteiger partial charge in [-0.05, 0) is 84.7 Å². The fraction of sp³-hybridized carbons (Fsp3) is 0.480. The summed E-state index contributed by atoms with van der Waals surface area (Å²) in [5.74, 6) is 2.99. The van der Waals surface area contributed by atoms with Crippen LogP contribution >= 0.6 is 0 Å². The summed E-state index contributed by atoms with van der Waals surface area (Å²) in [5, 5.41) is 3.22.